The lowest BCUT2D eigenvalue weighted by Crippen LogP contribution is -2.23. The lowest BCUT2D eigenvalue weighted by Gasteiger charge is -2.02. The van der Waals surface area contributed by atoms with E-state index in [4.69, 9.17) is 9.26 Å². The molecule has 0 unspecified atom stereocenters. The fourth-order valence-corrected chi connectivity index (χ4v) is 2.22. The maximum atomic E-state index is 12.1. The lowest BCUT2D eigenvalue weighted by molar-refractivity contribution is -0.384. The smallest absolute Gasteiger partial charge is 0.270 e. The summed E-state index contributed by atoms with van der Waals surface area (Å²) >= 11 is 0. The molecule has 0 fully saturated rings. The molecule has 3 rings (SSSR count). The molecule has 9 nitrogen and oxygen atoms in total. The second kappa shape index (κ2) is 7.43. The van der Waals surface area contributed by atoms with Crippen LogP contribution in [0, 0.1) is 10.1 Å². The number of ether oxygens (including phenoxy) is 1. The molecule has 3 aromatic rings. The van der Waals surface area contributed by atoms with E-state index in [1.807, 2.05) is 0 Å². The van der Waals surface area contributed by atoms with Crippen LogP contribution in [0.5, 0.6) is 5.75 Å². The van der Waals surface area contributed by atoms with Crippen LogP contribution in [0.2, 0.25) is 0 Å². The molecule has 2 aromatic carbocycles. The van der Waals surface area contributed by atoms with Gasteiger partial charge < -0.3 is 14.6 Å². The number of nitro benzene ring substituents is 1. The highest BCUT2D eigenvalue weighted by atomic mass is 16.6. The summed E-state index contributed by atoms with van der Waals surface area (Å²) in [6.45, 7) is -0.00149. The first-order valence-corrected chi connectivity index (χ1v) is 7.56. The predicted octanol–water partition coefficient (Wildman–Crippen LogP) is 2.58. The number of nitrogens with zero attached hydrogens (tertiary/aromatic N) is 3. The van der Waals surface area contributed by atoms with Gasteiger partial charge in [0.15, 0.2) is 0 Å². The van der Waals surface area contributed by atoms with E-state index < -0.39 is 10.8 Å². The number of carbonyl (C=O) groups is 1. The van der Waals surface area contributed by atoms with Gasteiger partial charge in [0.1, 0.15) is 5.75 Å². The highest BCUT2D eigenvalue weighted by molar-refractivity contribution is 5.94. The van der Waals surface area contributed by atoms with Crippen LogP contribution in [0.1, 0.15) is 16.2 Å². The van der Waals surface area contributed by atoms with Crippen LogP contribution in [-0.2, 0) is 6.54 Å². The maximum Gasteiger partial charge on any atom is 0.270 e. The first-order valence-electron chi connectivity index (χ1n) is 7.56. The molecule has 0 saturated heterocycles. The molecule has 132 valence electrons. The number of hydrogen-bond donors (Lipinski definition) is 1. The summed E-state index contributed by atoms with van der Waals surface area (Å²) in [7, 11) is 1.56. The fourth-order valence-electron chi connectivity index (χ4n) is 2.22. The van der Waals surface area contributed by atoms with Crippen LogP contribution in [0.15, 0.2) is 53.1 Å². The minimum atomic E-state index is -0.560. The summed E-state index contributed by atoms with van der Waals surface area (Å²) < 4.78 is 10.3. The second-order valence-corrected chi connectivity index (χ2v) is 5.23. The largest absolute Gasteiger partial charge is 0.497 e. The number of amides is 1. The molecule has 0 atom stereocenters. The molecule has 0 aliphatic rings. The number of nitrogens with one attached hydrogen (secondary N) is 1. The third-order valence-electron chi connectivity index (χ3n) is 3.52. The molecular weight excluding hydrogens is 340 g/mol. The number of rotatable bonds is 6. The van der Waals surface area contributed by atoms with Crippen molar-refractivity contribution >= 4 is 11.6 Å². The third kappa shape index (κ3) is 3.83. The van der Waals surface area contributed by atoms with Gasteiger partial charge in [-0.05, 0) is 18.2 Å². The van der Waals surface area contributed by atoms with Gasteiger partial charge in [-0.25, -0.2) is 0 Å². The van der Waals surface area contributed by atoms with Crippen LogP contribution in [0.25, 0.3) is 11.4 Å². The Balaban J connectivity index is 1.67. The first-order chi connectivity index (χ1) is 12.6. The van der Waals surface area contributed by atoms with Crippen molar-refractivity contribution < 1.29 is 19.0 Å². The average molecular weight is 354 g/mol. The number of benzene rings is 2. The van der Waals surface area contributed by atoms with Gasteiger partial charge in [0.2, 0.25) is 11.7 Å². The van der Waals surface area contributed by atoms with Gasteiger partial charge in [-0.15, -0.1) is 0 Å². The Morgan fingerprint density at radius 1 is 1.27 bits per heavy atom. The van der Waals surface area contributed by atoms with Gasteiger partial charge in [-0.3, -0.25) is 14.9 Å². The van der Waals surface area contributed by atoms with Crippen molar-refractivity contribution in [3.05, 3.63) is 70.1 Å². The molecule has 26 heavy (non-hydrogen) atoms. The van der Waals surface area contributed by atoms with E-state index in [-0.39, 0.29) is 23.7 Å². The summed E-state index contributed by atoms with van der Waals surface area (Å²) in [5, 5.41) is 17.2. The molecule has 1 heterocycles. The first kappa shape index (κ1) is 17.1. The van der Waals surface area contributed by atoms with Crippen molar-refractivity contribution in [3.8, 4) is 17.1 Å². The minimum absolute atomic E-state index is 0.00149. The van der Waals surface area contributed by atoms with E-state index in [0.29, 0.717) is 17.1 Å². The zero-order valence-electron chi connectivity index (χ0n) is 13.7. The summed E-state index contributed by atoms with van der Waals surface area (Å²) in [6, 6.07) is 12.6. The molecule has 0 aliphatic heterocycles. The Labute approximate surface area is 147 Å². The van der Waals surface area contributed by atoms with Gasteiger partial charge in [-0.1, -0.05) is 23.4 Å². The lowest BCUT2D eigenvalue weighted by atomic mass is 10.2. The molecular formula is C17H14N4O5. The molecule has 0 saturated carbocycles. The molecule has 0 spiro atoms. The molecule has 0 aliphatic carbocycles. The van der Waals surface area contributed by atoms with Gasteiger partial charge in [0.05, 0.1) is 18.6 Å². The zero-order chi connectivity index (χ0) is 18.5. The minimum Gasteiger partial charge on any atom is -0.497 e. The Morgan fingerprint density at radius 3 is 2.85 bits per heavy atom. The highest BCUT2D eigenvalue weighted by Crippen LogP contribution is 2.21. The van der Waals surface area contributed by atoms with Crippen molar-refractivity contribution in [2.45, 2.75) is 6.54 Å². The van der Waals surface area contributed by atoms with Crippen LogP contribution >= 0.6 is 0 Å². The van der Waals surface area contributed by atoms with Crippen molar-refractivity contribution in [2.24, 2.45) is 0 Å². The van der Waals surface area contributed by atoms with Gasteiger partial charge in [0, 0.05) is 23.3 Å². The molecule has 9 heteroatoms. The maximum absolute atomic E-state index is 12.1. The Bertz CT molecular complexity index is 954. The molecule has 0 radical (unpaired) electrons. The number of hydrogen-bond acceptors (Lipinski definition) is 7. The fraction of sp³-hybridized carbons (Fsp3) is 0.118. The van der Waals surface area contributed by atoms with E-state index in [1.54, 1.807) is 31.4 Å². The van der Waals surface area contributed by atoms with E-state index in [0.717, 1.165) is 0 Å². The molecule has 1 amide bonds. The summed E-state index contributed by atoms with van der Waals surface area (Å²) in [6.07, 6.45) is 0. The third-order valence-corrected chi connectivity index (χ3v) is 3.52. The standard InChI is InChI=1S/C17H14N4O5/c1-25-14-7-3-4-11(9-14)16-19-15(26-20-16)10-18-17(22)12-5-2-6-13(8-12)21(23)24/h2-9H,10H2,1H3,(H,18,22). The van der Waals surface area contributed by atoms with Gasteiger partial charge >= 0.3 is 0 Å². The van der Waals surface area contributed by atoms with Gasteiger partial charge in [0.25, 0.3) is 11.6 Å². The monoisotopic (exact) mass is 354 g/mol. The van der Waals surface area contributed by atoms with Crippen molar-refractivity contribution in [1.29, 1.82) is 0 Å². The van der Waals surface area contributed by atoms with Crippen LogP contribution in [0.4, 0.5) is 5.69 Å². The van der Waals surface area contributed by atoms with Crippen molar-refractivity contribution in [3.63, 3.8) is 0 Å². The SMILES string of the molecule is COc1cccc(-c2noc(CNC(=O)c3cccc([N+](=O)[O-])c3)n2)c1. The predicted molar refractivity (Wildman–Crippen MR) is 90.6 cm³/mol. The highest BCUT2D eigenvalue weighted by Gasteiger charge is 2.14. The number of non-ortho nitro benzene ring substituents is 1. The van der Waals surface area contributed by atoms with Gasteiger partial charge in [-0.2, -0.15) is 4.98 Å². The van der Waals surface area contributed by atoms with E-state index in [2.05, 4.69) is 15.5 Å². The molecule has 1 N–H and O–H groups in total. The van der Waals surface area contributed by atoms with E-state index in [9.17, 15) is 14.9 Å². The topological polar surface area (TPSA) is 120 Å². The Morgan fingerprint density at radius 2 is 2.08 bits per heavy atom. The van der Waals surface area contributed by atoms with Crippen molar-refractivity contribution in [2.75, 3.05) is 7.11 Å². The van der Waals surface area contributed by atoms with Crippen molar-refractivity contribution in [1.82, 2.24) is 15.5 Å². The average Bonchev–Trinajstić information content (AvgIpc) is 3.15. The van der Waals surface area contributed by atoms with Crippen LogP contribution in [-0.4, -0.2) is 28.1 Å². The van der Waals surface area contributed by atoms with E-state index >= 15 is 0 Å². The van der Waals surface area contributed by atoms with E-state index in [1.165, 1.54) is 24.3 Å². The quantitative estimate of drug-likeness (QED) is 0.533. The zero-order valence-corrected chi connectivity index (χ0v) is 13.7. The Hall–Kier alpha value is -3.75. The number of methoxy groups -OCH3 is 1. The Kier molecular flexibility index (Phi) is 4.88. The number of aromatic nitrogens is 2. The molecule has 0 bridgehead atoms. The molecule has 1 aromatic heterocycles. The summed E-state index contributed by atoms with van der Waals surface area (Å²) in [5.74, 6) is 0.757. The van der Waals surface area contributed by atoms with Crippen LogP contribution < -0.4 is 10.1 Å². The summed E-state index contributed by atoms with van der Waals surface area (Å²) in [4.78, 5) is 26.5. The number of carbonyl (C=O) groups excluding carboxylic acids is 1. The normalized spacial score (nSPS) is 10.3. The van der Waals surface area contributed by atoms with Crippen LogP contribution in [0.3, 0.4) is 0 Å². The summed E-state index contributed by atoms with van der Waals surface area (Å²) in [5.41, 5.74) is 0.729. The number of nitro groups is 1. The second-order valence-electron chi connectivity index (χ2n) is 5.23.